The molecule has 1 fully saturated rings. The van der Waals surface area contributed by atoms with Crippen LogP contribution in [-0.2, 0) is 12.2 Å². The summed E-state index contributed by atoms with van der Waals surface area (Å²) < 4.78 is 29.4. The van der Waals surface area contributed by atoms with Gasteiger partial charge >= 0.3 is 6.61 Å². The smallest absolute Gasteiger partial charge is 0.387 e. The van der Waals surface area contributed by atoms with Crippen LogP contribution in [-0.4, -0.2) is 21.8 Å². The van der Waals surface area contributed by atoms with E-state index in [-0.39, 0.29) is 5.75 Å². The van der Waals surface area contributed by atoms with Crippen LogP contribution in [0.25, 0.3) is 0 Å². The molecule has 7 heteroatoms. The van der Waals surface area contributed by atoms with Crippen molar-refractivity contribution in [2.75, 3.05) is 0 Å². The van der Waals surface area contributed by atoms with Gasteiger partial charge in [-0.2, -0.15) is 8.78 Å². The number of para-hydroxylation sites is 1. The molecule has 0 atom stereocenters. The van der Waals surface area contributed by atoms with E-state index in [1.165, 1.54) is 37.4 Å². The summed E-state index contributed by atoms with van der Waals surface area (Å²) in [7, 11) is 0. The first-order valence-electron chi connectivity index (χ1n) is 8.27. The molecule has 1 aliphatic carbocycles. The Morgan fingerprint density at radius 3 is 2.83 bits per heavy atom. The maximum absolute atomic E-state index is 12.4. The van der Waals surface area contributed by atoms with Gasteiger partial charge < -0.3 is 4.74 Å². The Hall–Kier alpha value is -1.63. The van der Waals surface area contributed by atoms with Gasteiger partial charge in [0.1, 0.15) is 11.6 Å². The zero-order valence-electron chi connectivity index (χ0n) is 13.4. The van der Waals surface area contributed by atoms with Crippen LogP contribution in [0.15, 0.2) is 29.4 Å². The molecule has 0 unspecified atom stereocenters. The maximum atomic E-state index is 12.4. The molecule has 0 bridgehead atoms. The molecule has 24 heavy (non-hydrogen) atoms. The highest BCUT2D eigenvalue weighted by Gasteiger charge is 2.16. The number of ether oxygens (including phenoxy) is 1. The number of nitrogens with one attached hydrogen (secondary N) is 1. The molecule has 0 saturated heterocycles. The van der Waals surface area contributed by atoms with Gasteiger partial charge in [-0.1, -0.05) is 55.6 Å². The lowest BCUT2D eigenvalue weighted by Crippen LogP contribution is -2.03. The van der Waals surface area contributed by atoms with Crippen molar-refractivity contribution < 1.29 is 13.5 Å². The van der Waals surface area contributed by atoms with Crippen LogP contribution in [0.1, 0.15) is 43.5 Å². The minimum atomic E-state index is -2.82. The summed E-state index contributed by atoms with van der Waals surface area (Å²) in [6, 6.07) is 6.81. The molecule has 2 aromatic rings. The van der Waals surface area contributed by atoms with Gasteiger partial charge in [-0.3, -0.25) is 5.10 Å². The number of nitrogens with zero attached hydrogens (tertiary/aromatic N) is 2. The Bertz CT molecular complexity index is 644. The third-order valence-corrected chi connectivity index (χ3v) is 5.22. The number of benzene rings is 1. The summed E-state index contributed by atoms with van der Waals surface area (Å²) in [6.07, 6.45) is 7.44. The van der Waals surface area contributed by atoms with Crippen molar-refractivity contribution in [3.8, 4) is 5.75 Å². The van der Waals surface area contributed by atoms with Crippen LogP contribution in [0.2, 0.25) is 0 Å². The first kappa shape index (κ1) is 17.2. The molecular formula is C17H21F2N3OS. The summed E-state index contributed by atoms with van der Waals surface area (Å²) in [5, 5.41) is 7.83. The number of rotatable bonds is 8. The molecule has 1 saturated carbocycles. The minimum Gasteiger partial charge on any atom is -0.435 e. The third kappa shape index (κ3) is 4.93. The fourth-order valence-corrected chi connectivity index (χ4v) is 3.88. The van der Waals surface area contributed by atoms with E-state index >= 15 is 0 Å². The maximum Gasteiger partial charge on any atom is 0.387 e. The fourth-order valence-electron chi connectivity index (χ4n) is 3.07. The van der Waals surface area contributed by atoms with Gasteiger partial charge in [0, 0.05) is 17.7 Å². The Morgan fingerprint density at radius 2 is 2.04 bits per heavy atom. The SMILES string of the molecule is FC(F)Oc1ccccc1CSc1n[nH]c(CCC2CCCC2)n1. The van der Waals surface area contributed by atoms with Crippen molar-refractivity contribution in [2.24, 2.45) is 5.92 Å². The number of hydrogen-bond acceptors (Lipinski definition) is 4. The monoisotopic (exact) mass is 353 g/mol. The lowest BCUT2D eigenvalue weighted by atomic mass is 10.0. The summed E-state index contributed by atoms with van der Waals surface area (Å²) in [5.74, 6) is 2.42. The predicted octanol–water partition coefficient (Wildman–Crippen LogP) is 4.82. The van der Waals surface area contributed by atoms with Crippen LogP contribution < -0.4 is 4.74 Å². The van der Waals surface area contributed by atoms with E-state index < -0.39 is 6.61 Å². The average molecular weight is 353 g/mol. The number of halogens is 2. The molecule has 1 heterocycles. The molecule has 0 spiro atoms. The van der Waals surface area contributed by atoms with Crippen LogP contribution in [0, 0.1) is 5.92 Å². The van der Waals surface area contributed by atoms with Gasteiger partial charge in [-0.25, -0.2) is 4.98 Å². The topological polar surface area (TPSA) is 50.8 Å². The van der Waals surface area contributed by atoms with E-state index in [9.17, 15) is 8.78 Å². The highest BCUT2D eigenvalue weighted by atomic mass is 32.2. The summed E-state index contributed by atoms with van der Waals surface area (Å²) in [4.78, 5) is 4.48. The standard InChI is InChI=1S/C17H21F2N3OS/c18-16(19)23-14-8-4-3-7-13(14)11-24-17-20-15(21-22-17)10-9-12-5-1-2-6-12/h3-4,7-8,12,16H,1-2,5-6,9-11H2,(H,20,21,22). The molecule has 3 rings (SSSR count). The molecule has 1 aromatic heterocycles. The highest BCUT2D eigenvalue weighted by Crippen LogP contribution is 2.29. The van der Waals surface area contributed by atoms with E-state index in [4.69, 9.17) is 0 Å². The number of aromatic nitrogens is 3. The molecule has 0 aliphatic heterocycles. The number of aromatic amines is 1. The van der Waals surface area contributed by atoms with Crippen LogP contribution in [0.5, 0.6) is 5.75 Å². The van der Waals surface area contributed by atoms with Gasteiger partial charge in [0.05, 0.1) is 0 Å². The van der Waals surface area contributed by atoms with E-state index in [2.05, 4.69) is 19.9 Å². The number of hydrogen-bond donors (Lipinski definition) is 1. The second kappa shape index (κ2) is 8.46. The van der Waals surface area contributed by atoms with Crippen LogP contribution in [0.3, 0.4) is 0 Å². The van der Waals surface area contributed by atoms with Crippen LogP contribution >= 0.6 is 11.8 Å². The molecular weight excluding hydrogens is 332 g/mol. The Labute approximate surface area is 144 Å². The number of alkyl halides is 2. The fraction of sp³-hybridized carbons (Fsp3) is 0.529. The van der Waals surface area contributed by atoms with E-state index in [1.807, 2.05) is 0 Å². The molecule has 130 valence electrons. The summed E-state index contributed by atoms with van der Waals surface area (Å²) in [6.45, 7) is -2.82. The Kier molecular flexibility index (Phi) is 6.07. The number of thioether (sulfide) groups is 1. The normalized spacial score (nSPS) is 15.3. The molecule has 4 nitrogen and oxygen atoms in total. The van der Waals surface area contributed by atoms with Crippen LogP contribution in [0.4, 0.5) is 8.78 Å². The number of aryl methyl sites for hydroxylation is 1. The first-order chi connectivity index (χ1) is 11.7. The summed E-state index contributed by atoms with van der Waals surface area (Å²) in [5.41, 5.74) is 0.708. The zero-order valence-corrected chi connectivity index (χ0v) is 14.2. The first-order valence-corrected chi connectivity index (χ1v) is 9.26. The van der Waals surface area contributed by atoms with Crippen molar-refractivity contribution >= 4 is 11.8 Å². The highest BCUT2D eigenvalue weighted by molar-refractivity contribution is 7.98. The van der Waals surface area contributed by atoms with Gasteiger partial charge in [0.2, 0.25) is 5.16 Å². The molecule has 0 amide bonds. The average Bonchev–Trinajstić information content (AvgIpc) is 3.23. The van der Waals surface area contributed by atoms with Crippen molar-refractivity contribution in [2.45, 2.75) is 56.0 Å². The zero-order chi connectivity index (χ0) is 16.8. The van der Waals surface area contributed by atoms with Gasteiger partial charge in [0.25, 0.3) is 0 Å². The van der Waals surface area contributed by atoms with Gasteiger partial charge in [0.15, 0.2) is 0 Å². The van der Waals surface area contributed by atoms with Crippen molar-refractivity contribution in [3.05, 3.63) is 35.7 Å². The summed E-state index contributed by atoms with van der Waals surface area (Å²) >= 11 is 1.42. The number of H-pyrrole nitrogens is 1. The second-order valence-electron chi connectivity index (χ2n) is 6.03. The van der Waals surface area contributed by atoms with Crippen molar-refractivity contribution in [3.63, 3.8) is 0 Å². The third-order valence-electron chi connectivity index (χ3n) is 4.32. The van der Waals surface area contributed by atoms with E-state index in [0.717, 1.165) is 24.6 Å². The quantitative estimate of drug-likeness (QED) is 0.691. The molecule has 1 N–H and O–H groups in total. The van der Waals surface area contributed by atoms with Crippen molar-refractivity contribution in [1.82, 2.24) is 15.2 Å². The lowest BCUT2D eigenvalue weighted by Gasteiger charge is -2.09. The largest absolute Gasteiger partial charge is 0.435 e. The Balaban J connectivity index is 1.52. The van der Waals surface area contributed by atoms with Crippen molar-refractivity contribution in [1.29, 1.82) is 0 Å². The second-order valence-corrected chi connectivity index (χ2v) is 6.97. The minimum absolute atomic E-state index is 0.206. The van der Waals surface area contributed by atoms with E-state index in [0.29, 0.717) is 16.5 Å². The predicted molar refractivity (Wildman–Crippen MR) is 89.3 cm³/mol. The van der Waals surface area contributed by atoms with E-state index in [1.54, 1.807) is 24.3 Å². The molecule has 1 aromatic carbocycles. The molecule has 0 radical (unpaired) electrons. The Morgan fingerprint density at radius 1 is 1.25 bits per heavy atom. The van der Waals surface area contributed by atoms with Gasteiger partial charge in [-0.15, -0.1) is 5.10 Å². The molecule has 1 aliphatic rings. The van der Waals surface area contributed by atoms with Gasteiger partial charge in [-0.05, 0) is 18.4 Å². The lowest BCUT2D eigenvalue weighted by molar-refractivity contribution is -0.0503.